The molecule has 4 saturated carbocycles. The highest BCUT2D eigenvalue weighted by molar-refractivity contribution is 5.90. The predicted molar refractivity (Wildman–Crippen MR) is 190 cm³/mol. The maximum absolute atomic E-state index is 13.6. The van der Waals surface area contributed by atoms with Crippen molar-refractivity contribution in [3.63, 3.8) is 0 Å². The highest BCUT2D eigenvalue weighted by atomic mass is 19.3. The fourth-order valence-corrected chi connectivity index (χ4v) is 13.6. The Morgan fingerprint density at radius 2 is 1.61 bits per heavy atom. The number of methoxy groups -OCH3 is 1. The average molecular weight is 677 g/mol. The fraction of sp³-hybridized carbons (Fsp3) is 0.714. The lowest BCUT2D eigenvalue weighted by atomic mass is 9.33. The number of rotatable bonds is 6. The van der Waals surface area contributed by atoms with E-state index in [0.29, 0.717) is 35.2 Å². The van der Waals surface area contributed by atoms with Gasteiger partial charge in [0, 0.05) is 5.54 Å². The molecule has 5 nitrogen and oxygen atoms in total. The maximum atomic E-state index is 13.6. The minimum atomic E-state index is -2.67. The van der Waals surface area contributed by atoms with Crippen LogP contribution in [0.2, 0.25) is 0 Å². The van der Waals surface area contributed by atoms with Gasteiger partial charge in [-0.05, 0) is 139 Å². The molecule has 0 aromatic heterocycles. The molecule has 5 fully saturated rings. The zero-order valence-corrected chi connectivity index (χ0v) is 30.9. The number of halogens is 2. The van der Waals surface area contributed by atoms with Gasteiger partial charge < -0.3 is 10.1 Å². The molecule has 1 aliphatic heterocycles. The standard InChI is InChI=1S/C42H58F2N2O3/c1-26(2)29-15-20-41(45-34(47)23-46-24-42(43,44)25-46)22-21-39(6)31(35(29)41)13-14-33-38(5)18-16-30(27-9-11-28(12-10-27)36(48)49-8)37(3,4)32(38)17-19-40(33,39)7/h9-12,16,29,31-33,35H,1,13-15,17-25H2,2-8H3,(H,45,47)/t29-,31+,32-,33+,35+,38-,39+,40+,41-/m0/s1. The molecule has 49 heavy (non-hydrogen) atoms. The van der Waals surface area contributed by atoms with Gasteiger partial charge in [0.25, 0.3) is 5.92 Å². The molecule has 1 N–H and O–H groups in total. The Kier molecular flexibility index (Phi) is 8.18. The maximum Gasteiger partial charge on any atom is 0.337 e. The van der Waals surface area contributed by atoms with Crippen LogP contribution in [0.15, 0.2) is 42.5 Å². The van der Waals surface area contributed by atoms with Gasteiger partial charge in [-0.2, -0.15) is 0 Å². The van der Waals surface area contributed by atoms with Crippen molar-refractivity contribution in [3.8, 4) is 0 Å². The number of nitrogens with zero attached hydrogens (tertiary/aromatic N) is 1. The van der Waals surface area contributed by atoms with Crippen LogP contribution in [0.5, 0.6) is 0 Å². The van der Waals surface area contributed by atoms with E-state index in [2.05, 4.69) is 71.6 Å². The Balaban J connectivity index is 1.17. The van der Waals surface area contributed by atoms with E-state index < -0.39 is 5.92 Å². The van der Waals surface area contributed by atoms with Gasteiger partial charge in [0.1, 0.15) is 0 Å². The summed E-state index contributed by atoms with van der Waals surface area (Å²) in [6.07, 6.45) is 12.4. The smallest absolute Gasteiger partial charge is 0.337 e. The molecule has 1 aromatic rings. The quantitative estimate of drug-likeness (QED) is 0.242. The van der Waals surface area contributed by atoms with Crippen molar-refractivity contribution < 1.29 is 23.1 Å². The monoisotopic (exact) mass is 676 g/mol. The van der Waals surface area contributed by atoms with Crippen LogP contribution in [0.3, 0.4) is 0 Å². The number of hydrogen-bond acceptors (Lipinski definition) is 4. The molecular formula is C42H58F2N2O3. The topological polar surface area (TPSA) is 58.6 Å². The SMILES string of the molecule is C=C(C)[C@@H]1CC[C@]2(NC(=O)CN3CC(F)(F)C3)CC[C@]3(C)[C@H](CC[C@@H]4[C@@]5(C)CC=C(c6ccc(C(=O)OC)cc6)C(C)(C)[C@@H]5CC[C@]43C)[C@@H]12. The van der Waals surface area contributed by atoms with E-state index in [0.717, 1.165) is 38.5 Å². The number of benzene rings is 1. The number of amides is 1. The van der Waals surface area contributed by atoms with E-state index in [1.54, 1.807) is 4.90 Å². The third kappa shape index (κ3) is 5.12. The Labute approximate surface area is 292 Å². The Morgan fingerprint density at radius 3 is 2.24 bits per heavy atom. The first-order valence-corrected chi connectivity index (χ1v) is 18.9. The molecule has 0 bridgehead atoms. The predicted octanol–water partition coefficient (Wildman–Crippen LogP) is 8.94. The van der Waals surface area contributed by atoms with Gasteiger partial charge in [0.15, 0.2) is 0 Å². The molecular weight excluding hydrogens is 618 g/mol. The van der Waals surface area contributed by atoms with Crippen molar-refractivity contribution in [2.75, 3.05) is 26.7 Å². The Morgan fingerprint density at radius 1 is 0.918 bits per heavy atom. The lowest BCUT2D eigenvalue weighted by Gasteiger charge is -2.72. The minimum absolute atomic E-state index is 0.0121. The number of nitrogens with one attached hydrogen (secondary N) is 1. The van der Waals surface area contributed by atoms with E-state index in [4.69, 9.17) is 4.74 Å². The molecule has 1 amide bonds. The summed E-state index contributed by atoms with van der Waals surface area (Å²) in [5, 5.41) is 3.54. The van der Waals surface area contributed by atoms with Crippen LogP contribution in [-0.2, 0) is 9.53 Å². The summed E-state index contributed by atoms with van der Waals surface area (Å²) in [5.41, 5.74) is 4.59. The van der Waals surface area contributed by atoms with Crippen molar-refractivity contribution in [3.05, 3.63) is 53.6 Å². The minimum Gasteiger partial charge on any atom is -0.465 e. The Bertz CT molecular complexity index is 1560. The van der Waals surface area contributed by atoms with Crippen LogP contribution in [0.4, 0.5) is 8.78 Å². The number of allylic oxidation sites excluding steroid dienone is 3. The van der Waals surface area contributed by atoms with Gasteiger partial charge in [-0.25, -0.2) is 13.6 Å². The molecule has 0 spiro atoms. The molecule has 5 aliphatic carbocycles. The molecule has 1 heterocycles. The fourth-order valence-electron chi connectivity index (χ4n) is 13.6. The lowest BCUT2D eigenvalue weighted by molar-refractivity contribution is -0.219. The van der Waals surface area contributed by atoms with Crippen LogP contribution >= 0.6 is 0 Å². The van der Waals surface area contributed by atoms with Gasteiger partial charge in [0.2, 0.25) is 5.91 Å². The summed E-state index contributed by atoms with van der Waals surface area (Å²) in [7, 11) is 1.42. The highest BCUT2D eigenvalue weighted by Crippen LogP contribution is 2.76. The largest absolute Gasteiger partial charge is 0.465 e. The first-order chi connectivity index (χ1) is 22.9. The van der Waals surface area contributed by atoms with Crippen LogP contribution < -0.4 is 5.32 Å². The van der Waals surface area contributed by atoms with Gasteiger partial charge >= 0.3 is 5.97 Å². The number of alkyl halides is 2. The molecule has 1 aromatic carbocycles. The van der Waals surface area contributed by atoms with Gasteiger partial charge in [-0.15, -0.1) is 0 Å². The summed E-state index contributed by atoms with van der Waals surface area (Å²) >= 11 is 0. The molecule has 9 atom stereocenters. The summed E-state index contributed by atoms with van der Waals surface area (Å²) in [4.78, 5) is 27.2. The van der Waals surface area contributed by atoms with Crippen LogP contribution in [-0.4, -0.2) is 55.0 Å². The van der Waals surface area contributed by atoms with Gasteiger partial charge in [-0.1, -0.05) is 65.0 Å². The van der Waals surface area contributed by atoms with Crippen LogP contribution in [0.25, 0.3) is 5.57 Å². The van der Waals surface area contributed by atoms with Crippen molar-refractivity contribution in [1.82, 2.24) is 10.2 Å². The van der Waals surface area contributed by atoms with Crippen LogP contribution in [0.1, 0.15) is 115 Å². The first kappa shape index (κ1) is 34.9. The molecule has 6 aliphatic rings. The van der Waals surface area contributed by atoms with E-state index in [-0.39, 0.29) is 58.7 Å². The van der Waals surface area contributed by atoms with Crippen LogP contribution in [0, 0.1) is 51.2 Å². The average Bonchev–Trinajstić information content (AvgIpc) is 3.39. The van der Waals surface area contributed by atoms with E-state index >= 15 is 0 Å². The molecule has 0 unspecified atom stereocenters. The first-order valence-electron chi connectivity index (χ1n) is 18.9. The third-order valence-electron chi connectivity index (χ3n) is 15.9. The second-order valence-corrected chi connectivity index (χ2v) is 18.5. The lowest BCUT2D eigenvalue weighted by Crippen LogP contribution is -2.69. The molecule has 7 heteroatoms. The summed E-state index contributed by atoms with van der Waals surface area (Å²) in [5.74, 6) is -0.741. The van der Waals surface area contributed by atoms with Crippen molar-refractivity contribution in [2.24, 2.45) is 51.2 Å². The van der Waals surface area contributed by atoms with Crippen molar-refractivity contribution in [2.45, 2.75) is 111 Å². The number of carbonyl (C=O) groups is 2. The number of ether oxygens (including phenoxy) is 1. The zero-order chi connectivity index (χ0) is 35.4. The third-order valence-corrected chi connectivity index (χ3v) is 15.9. The van der Waals surface area contributed by atoms with E-state index in [1.807, 2.05) is 12.1 Å². The number of hydrogen-bond donors (Lipinski definition) is 1. The highest BCUT2D eigenvalue weighted by Gasteiger charge is 2.70. The molecule has 268 valence electrons. The van der Waals surface area contributed by atoms with Gasteiger partial charge in [-0.3, -0.25) is 9.69 Å². The summed E-state index contributed by atoms with van der Waals surface area (Å²) < 4.78 is 32.1. The Hall–Kier alpha value is -2.54. The molecule has 1 saturated heterocycles. The number of fused-ring (bicyclic) bond motifs is 7. The second kappa shape index (κ2) is 11.5. The van der Waals surface area contributed by atoms with Crippen molar-refractivity contribution >= 4 is 17.4 Å². The summed E-state index contributed by atoms with van der Waals surface area (Å²) in [6.45, 7) is 18.8. The second-order valence-electron chi connectivity index (χ2n) is 18.5. The number of carbonyl (C=O) groups excluding carboxylic acids is 2. The normalized spacial score (nSPS) is 41.9. The molecule has 7 rings (SSSR count). The molecule has 0 radical (unpaired) electrons. The zero-order valence-electron chi connectivity index (χ0n) is 30.9. The van der Waals surface area contributed by atoms with Gasteiger partial charge in [0.05, 0.1) is 32.3 Å². The number of esters is 1. The van der Waals surface area contributed by atoms with Crippen molar-refractivity contribution in [1.29, 1.82) is 0 Å². The summed E-state index contributed by atoms with van der Waals surface area (Å²) in [6, 6.07) is 7.96. The number of likely N-dealkylation sites (tertiary alicyclic amines) is 1. The van der Waals surface area contributed by atoms with E-state index in [1.165, 1.54) is 43.1 Å². The van der Waals surface area contributed by atoms with E-state index in [9.17, 15) is 18.4 Å².